The van der Waals surface area contributed by atoms with Crippen LogP contribution >= 0.6 is 11.6 Å². The number of hydrogen-bond donors (Lipinski definition) is 1. The van der Waals surface area contributed by atoms with E-state index >= 15 is 0 Å². The number of rotatable bonds is 2. The number of phenols is 1. The van der Waals surface area contributed by atoms with Crippen LogP contribution in [0.1, 0.15) is 43.7 Å². The predicted molar refractivity (Wildman–Crippen MR) is 66.7 cm³/mol. The Balaban J connectivity index is 2.13. The average molecular weight is 291 g/mol. The van der Waals surface area contributed by atoms with Gasteiger partial charge in [-0.3, -0.25) is 0 Å². The predicted octanol–water partition coefficient (Wildman–Crippen LogP) is 4.69. The number of halogens is 4. The zero-order valence-electron chi connectivity index (χ0n) is 10.4. The number of hydrogen-bond acceptors (Lipinski definition) is 1. The van der Waals surface area contributed by atoms with Gasteiger partial charge in [0.25, 0.3) is 0 Å². The van der Waals surface area contributed by atoms with Crippen molar-refractivity contribution in [3.63, 3.8) is 0 Å². The second kappa shape index (κ2) is 3.60. The third kappa shape index (κ3) is 1.83. The lowest BCUT2D eigenvalue weighted by molar-refractivity contribution is -0.161. The number of alkyl halides is 3. The number of phenolic OH excluding ortho intramolecular Hbond substituents is 1. The molecule has 2 fully saturated rings. The van der Waals surface area contributed by atoms with Crippen LogP contribution in [-0.2, 0) is 10.8 Å². The Bertz CT molecular complexity index is 542. The lowest BCUT2D eigenvalue weighted by Crippen LogP contribution is -2.29. The van der Waals surface area contributed by atoms with E-state index in [1.54, 1.807) is 0 Å². The Morgan fingerprint density at radius 1 is 1.11 bits per heavy atom. The van der Waals surface area contributed by atoms with Crippen LogP contribution in [0.4, 0.5) is 13.2 Å². The molecule has 3 rings (SSSR count). The highest BCUT2D eigenvalue weighted by Gasteiger charge is 2.65. The first-order valence-electron chi connectivity index (χ1n) is 6.30. The van der Waals surface area contributed by atoms with Crippen molar-refractivity contribution in [1.82, 2.24) is 0 Å². The number of benzene rings is 1. The van der Waals surface area contributed by atoms with Gasteiger partial charge in [0.05, 0.1) is 5.41 Å². The lowest BCUT2D eigenvalue weighted by Gasteiger charge is -2.23. The van der Waals surface area contributed by atoms with Crippen molar-refractivity contribution in [3.05, 3.63) is 28.3 Å². The summed E-state index contributed by atoms with van der Waals surface area (Å²) in [4.78, 5) is 0. The quantitative estimate of drug-likeness (QED) is 0.837. The molecule has 0 heterocycles. The van der Waals surface area contributed by atoms with Crippen LogP contribution in [0.25, 0.3) is 0 Å². The van der Waals surface area contributed by atoms with E-state index in [0.717, 1.165) is 18.4 Å². The molecule has 0 amide bonds. The molecule has 1 nitrogen and oxygen atoms in total. The van der Waals surface area contributed by atoms with Crippen LogP contribution in [0.5, 0.6) is 5.75 Å². The molecule has 2 aliphatic rings. The van der Waals surface area contributed by atoms with Gasteiger partial charge < -0.3 is 5.11 Å². The maximum Gasteiger partial charge on any atom is 0.398 e. The topological polar surface area (TPSA) is 20.2 Å². The van der Waals surface area contributed by atoms with E-state index in [1.807, 2.05) is 6.92 Å². The minimum absolute atomic E-state index is 0.00692. The van der Waals surface area contributed by atoms with Gasteiger partial charge in [-0.2, -0.15) is 13.2 Å². The normalized spacial score (nSPS) is 23.2. The van der Waals surface area contributed by atoms with Crippen molar-refractivity contribution < 1.29 is 18.3 Å². The molecule has 5 heteroatoms. The molecule has 0 bridgehead atoms. The molecule has 104 valence electrons. The van der Waals surface area contributed by atoms with Crippen molar-refractivity contribution in [2.45, 2.75) is 49.6 Å². The van der Waals surface area contributed by atoms with Gasteiger partial charge in [-0.1, -0.05) is 18.5 Å². The minimum atomic E-state index is -4.32. The first-order valence-corrected chi connectivity index (χ1v) is 6.68. The molecule has 0 atom stereocenters. The lowest BCUT2D eigenvalue weighted by atomic mass is 9.88. The van der Waals surface area contributed by atoms with Gasteiger partial charge in [0.15, 0.2) is 0 Å². The van der Waals surface area contributed by atoms with Gasteiger partial charge in [0, 0.05) is 10.6 Å². The van der Waals surface area contributed by atoms with Gasteiger partial charge in [-0.05, 0) is 48.8 Å². The first-order chi connectivity index (χ1) is 8.70. The SMILES string of the molecule is CC1(c2cc(C3(C(F)(F)F)CC3)c(O)cc2Cl)CC1. The highest BCUT2D eigenvalue weighted by molar-refractivity contribution is 6.31. The van der Waals surface area contributed by atoms with Crippen LogP contribution in [0.3, 0.4) is 0 Å². The summed E-state index contributed by atoms with van der Waals surface area (Å²) in [5, 5.41) is 10.2. The summed E-state index contributed by atoms with van der Waals surface area (Å²) >= 11 is 6.07. The monoisotopic (exact) mass is 290 g/mol. The van der Waals surface area contributed by atoms with Crippen LogP contribution in [-0.4, -0.2) is 11.3 Å². The molecule has 2 aliphatic carbocycles. The Morgan fingerprint density at radius 3 is 2.11 bits per heavy atom. The zero-order valence-corrected chi connectivity index (χ0v) is 11.2. The van der Waals surface area contributed by atoms with Crippen molar-refractivity contribution in [2.24, 2.45) is 0 Å². The number of aromatic hydroxyl groups is 1. The fraction of sp³-hybridized carbons (Fsp3) is 0.571. The highest BCUT2D eigenvalue weighted by Crippen LogP contribution is 2.62. The fourth-order valence-corrected chi connectivity index (χ4v) is 3.08. The summed E-state index contributed by atoms with van der Waals surface area (Å²) in [6.45, 7) is 1.99. The molecule has 0 radical (unpaired) electrons. The summed E-state index contributed by atoms with van der Waals surface area (Å²) < 4.78 is 39.5. The van der Waals surface area contributed by atoms with Crippen molar-refractivity contribution >= 4 is 11.6 Å². The van der Waals surface area contributed by atoms with E-state index < -0.39 is 11.6 Å². The van der Waals surface area contributed by atoms with Gasteiger partial charge in [0.1, 0.15) is 5.75 Å². The van der Waals surface area contributed by atoms with Gasteiger partial charge in [-0.15, -0.1) is 0 Å². The molecule has 0 saturated heterocycles. The summed E-state index contributed by atoms with van der Waals surface area (Å²) in [7, 11) is 0. The van der Waals surface area contributed by atoms with Crippen molar-refractivity contribution in [3.8, 4) is 5.75 Å². The van der Waals surface area contributed by atoms with Crippen molar-refractivity contribution in [2.75, 3.05) is 0 Å². The molecule has 0 aliphatic heterocycles. The molecule has 0 aromatic heterocycles. The first kappa shape index (κ1) is 13.1. The van der Waals surface area contributed by atoms with Gasteiger partial charge in [-0.25, -0.2) is 0 Å². The van der Waals surface area contributed by atoms with E-state index in [0.29, 0.717) is 5.02 Å². The minimum Gasteiger partial charge on any atom is -0.508 e. The summed E-state index contributed by atoms with van der Waals surface area (Å²) in [6.07, 6.45) is -2.38. The van der Waals surface area contributed by atoms with Gasteiger partial charge in [0.2, 0.25) is 0 Å². The summed E-state index contributed by atoms with van der Waals surface area (Å²) in [5.74, 6) is -0.340. The Labute approximate surface area is 114 Å². The molecular formula is C14H14ClF3O. The molecule has 1 aromatic rings. The Hall–Kier alpha value is -0.900. The third-order valence-electron chi connectivity index (χ3n) is 4.54. The Morgan fingerprint density at radius 2 is 1.68 bits per heavy atom. The fourth-order valence-electron chi connectivity index (χ4n) is 2.70. The molecule has 0 spiro atoms. The molecule has 0 unspecified atom stereocenters. The third-order valence-corrected chi connectivity index (χ3v) is 4.86. The highest BCUT2D eigenvalue weighted by atomic mass is 35.5. The maximum absolute atomic E-state index is 13.2. The molecule has 1 aromatic carbocycles. The van der Waals surface area contributed by atoms with E-state index in [-0.39, 0.29) is 29.6 Å². The second-order valence-corrected chi connectivity index (χ2v) is 6.40. The molecule has 2 saturated carbocycles. The van der Waals surface area contributed by atoms with E-state index in [2.05, 4.69) is 0 Å². The maximum atomic E-state index is 13.2. The standard InChI is InChI=1S/C14H14ClF3O/c1-12(2-3-12)8-6-9(11(19)7-10(8)15)13(4-5-13)14(16,17)18/h6-7,19H,2-5H2,1H3. The molecule has 1 N–H and O–H groups in total. The average Bonchev–Trinajstić information content (AvgIpc) is 3.13. The van der Waals surface area contributed by atoms with E-state index in [1.165, 1.54) is 12.1 Å². The molecule has 19 heavy (non-hydrogen) atoms. The van der Waals surface area contributed by atoms with Crippen LogP contribution in [0.15, 0.2) is 12.1 Å². The second-order valence-electron chi connectivity index (χ2n) is 5.99. The van der Waals surface area contributed by atoms with E-state index in [4.69, 9.17) is 11.6 Å². The van der Waals surface area contributed by atoms with Gasteiger partial charge >= 0.3 is 6.18 Å². The Kier molecular flexibility index (Phi) is 2.48. The smallest absolute Gasteiger partial charge is 0.398 e. The van der Waals surface area contributed by atoms with Crippen LogP contribution in [0, 0.1) is 0 Å². The largest absolute Gasteiger partial charge is 0.508 e. The van der Waals surface area contributed by atoms with Crippen molar-refractivity contribution in [1.29, 1.82) is 0 Å². The molecular weight excluding hydrogens is 277 g/mol. The summed E-state index contributed by atoms with van der Waals surface area (Å²) in [5.41, 5.74) is -1.26. The van der Waals surface area contributed by atoms with Crippen LogP contribution < -0.4 is 0 Å². The summed E-state index contributed by atoms with van der Waals surface area (Å²) in [6, 6.07) is 2.74. The van der Waals surface area contributed by atoms with E-state index in [9.17, 15) is 18.3 Å². The zero-order chi connectivity index (χ0) is 14.1. The van der Waals surface area contributed by atoms with Crippen LogP contribution in [0.2, 0.25) is 5.02 Å².